The molecule has 1 amide bonds. The highest BCUT2D eigenvalue weighted by Gasteiger charge is 2.23. The van der Waals surface area contributed by atoms with Gasteiger partial charge in [-0.05, 0) is 98.0 Å². The third-order valence-corrected chi connectivity index (χ3v) is 7.94. The molecule has 6 N–H and O–H groups in total. The van der Waals surface area contributed by atoms with Gasteiger partial charge in [0, 0.05) is 57.5 Å². The molecule has 0 fully saturated rings. The molecule has 0 unspecified atom stereocenters. The average Bonchev–Trinajstić information content (AvgIpc) is 3.59. The molecule has 0 aromatic carbocycles. The van der Waals surface area contributed by atoms with Crippen LogP contribution in [0.3, 0.4) is 0 Å². The largest absolute Gasteiger partial charge is 0.860 e. The first-order chi connectivity index (χ1) is 20.4. The molecule has 0 atom stereocenters. The van der Waals surface area contributed by atoms with Gasteiger partial charge >= 0.3 is 11.9 Å². The normalized spacial score (nSPS) is 15.1. The molecule has 0 saturated heterocycles. The van der Waals surface area contributed by atoms with Crippen molar-refractivity contribution in [2.24, 2.45) is 0 Å². The van der Waals surface area contributed by atoms with E-state index in [0.29, 0.717) is 50.2 Å². The number of allylic oxidation sites excluding steroid dienone is 1. The lowest BCUT2D eigenvalue weighted by molar-refractivity contribution is -0.275. The molecule has 0 radical (unpaired) electrons. The van der Waals surface area contributed by atoms with Gasteiger partial charge < -0.3 is 35.6 Å². The summed E-state index contributed by atoms with van der Waals surface area (Å²) >= 11 is 0. The fraction of sp³-hybridized carbons (Fsp3) is 0.242. The number of carboxylic acid groups (broad SMARTS) is 2. The van der Waals surface area contributed by atoms with E-state index in [9.17, 15) is 29.7 Å². The fourth-order valence-corrected chi connectivity index (χ4v) is 5.41. The van der Waals surface area contributed by atoms with Gasteiger partial charge in [0.25, 0.3) is 5.91 Å². The van der Waals surface area contributed by atoms with Crippen molar-refractivity contribution in [3.8, 4) is 5.88 Å². The zero-order chi connectivity index (χ0) is 31.6. The first-order valence-corrected chi connectivity index (χ1v) is 13.8. The van der Waals surface area contributed by atoms with Crippen LogP contribution in [0.15, 0.2) is 36.1 Å². The lowest BCUT2D eigenvalue weighted by Crippen LogP contribution is -2.15. The van der Waals surface area contributed by atoms with Crippen LogP contribution in [-0.4, -0.2) is 43.0 Å². The molecule has 3 aromatic rings. The van der Waals surface area contributed by atoms with E-state index >= 15 is 0 Å². The van der Waals surface area contributed by atoms with Crippen molar-refractivity contribution >= 4 is 42.1 Å². The van der Waals surface area contributed by atoms with Gasteiger partial charge in [0.15, 0.2) is 0 Å². The molecule has 43 heavy (non-hydrogen) atoms. The number of rotatable bonds is 11. The lowest BCUT2D eigenvalue weighted by atomic mass is 10.0. The highest BCUT2D eigenvalue weighted by Crippen LogP contribution is 2.27. The summed E-state index contributed by atoms with van der Waals surface area (Å²) in [5.41, 5.74) is 8.28. The number of nitrogens with one attached hydrogen (secondary N) is 4. The Morgan fingerprint density at radius 1 is 0.767 bits per heavy atom. The molecule has 0 bridgehead atoms. The van der Waals surface area contributed by atoms with Crippen molar-refractivity contribution in [1.29, 1.82) is 0 Å². The Kier molecular flexibility index (Phi) is 8.80. The summed E-state index contributed by atoms with van der Waals surface area (Å²) in [6.45, 7) is 14.8. The van der Waals surface area contributed by atoms with Gasteiger partial charge in [0.1, 0.15) is 0 Å². The van der Waals surface area contributed by atoms with Gasteiger partial charge in [0.05, 0.1) is 0 Å². The molecule has 10 nitrogen and oxygen atoms in total. The number of carbonyl (C=O) groups excluding carboxylic acids is 1. The molecule has 4 heterocycles. The first-order valence-electron chi connectivity index (χ1n) is 13.8. The molecule has 0 spiro atoms. The molecule has 0 aliphatic carbocycles. The summed E-state index contributed by atoms with van der Waals surface area (Å²) < 4.78 is 0. The topological polar surface area (TPSA) is 174 Å². The van der Waals surface area contributed by atoms with E-state index in [1.54, 1.807) is 19.1 Å². The van der Waals surface area contributed by atoms with Crippen molar-refractivity contribution in [2.45, 2.75) is 53.4 Å². The van der Waals surface area contributed by atoms with Gasteiger partial charge in [-0.25, -0.2) is 0 Å². The molecule has 3 aromatic heterocycles. The Balaban J connectivity index is 1.93. The maximum absolute atomic E-state index is 12.3. The monoisotopic (exact) mass is 583 g/mol. The van der Waals surface area contributed by atoms with Crippen molar-refractivity contribution in [2.75, 3.05) is 0 Å². The number of carboxylic acids is 2. The van der Waals surface area contributed by atoms with Crippen LogP contribution < -0.4 is 21.1 Å². The summed E-state index contributed by atoms with van der Waals surface area (Å²) in [5, 5.41) is 35.3. The van der Waals surface area contributed by atoms with Gasteiger partial charge in [-0.3, -0.25) is 14.4 Å². The SMILES string of the molecule is C=CC1=C(C)/C(=C/c2[nH]c(/C=c3\[nH]/c(=C\c4[nH]c([O-])c(C)c4C=C)c(C)c3CCC(=O)O)c(CCC(=O)O)c2C)NC1=O. The van der Waals surface area contributed by atoms with E-state index in [-0.39, 0.29) is 37.5 Å². The highest BCUT2D eigenvalue weighted by molar-refractivity contribution is 6.03. The number of aliphatic carboxylic acids is 2. The Morgan fingerprint density at radius 2 is 1.40 bits per heavy atom. The zero-order valence-corrected chi connectivity index (χ0v) is 24.7. The average molecular weight is 584 g/mol. The minimum Gasteiger partial charge on any atom is -0.860 e. The number of hydrogen-bond acceptors (Lipinski definition) is 4. The first kappa shape index (κ1) is 30.7. The number of hydrogen-bond donors (Lipinski definition) is 6. The van der Waals surface area contributed by atoms with Crippen LogP contribution in [0.1, 0.15) is 70.2 Å². The van der Waals surface area contributed by atoms with Crippen molar-refractivity contribution in [1.82, 2.24) is 20.3 Å². The highest BCUT2D eigenvalue weighted by atomic mass is 16.4. The number of H-pyrrole nitrogens is 3. The van der Waals surface area contributed by atoms with E-state index in [0.717, 1.165) is 27.8 Å². The number of aromatic nitrogens is 3. The van der Waals surface area contributed by atoms with E-state index in [1.165, 1.54) is 6.08 Å². The van der Waals surface area contributed by atoms with Crippen LogP contribution >= 0.6 is 0 Å². The molecular formula is C33H35N4O6-. The molecule has 224 valence electrons. The molecule has 1 aliphatic heterocycles. The van der Waals surface area contributed by atoms with Gasteiger partial charge in [-0.2, -0.15) is 0 Å². The van der Waals surface area contributed by atoms with Crippen molar-refractivity contribution < 1.29 is 29.7 Å². The van der Waals surface area contributed by atoms with Crippen molar-refractivity contribution in [3.63, 3.8) is 0 Å². The van der Waals surface area contributed by atoms with Crippen LogP contribution in [0, 0.1) is 20.8 Å². The molecular weight excluding hydrogens is 548 g/mol. The van der Waals surface area contributed by atoms with E-state index in [2.05, 4.69) is 33.4 Å². The summed E-state index contributed by atoms with van der Waals surface area (Å²) in [7, 11) is 0. The van der Waals surface area contributed by atoms with Crippen molar-refractivity contribution in [3.05, 3.63) is 97.2 Å². The second-order valence-electron chi connectivity index (χ2n) is 10.6. The summed E-state index contributed by atoms with van der Waals surface area (Å²) in [5.74, 6) is -2.32. The standard InChI is InChI=1S/C33H36N4O6/c1-7-20-19(6)32(42)37-27(20)14-25-18(5)23(10-12-31(40)41)29(35-25)15-28-22(9-11-30(38)39)17(4)24(34-28)13-26-16(3)21(8-2)33(43)36-26/h7-8,13-15,34-35,37,42H,1-2,9-12H2,3-6H3,(H,36,43)(H,38,39)(H,40,41)/p-1/b25-14-,26-13-,29-15-. The maximum Gasteiger partial charge on any atom is 0.303 e. The molecule has 1 aliphatic rings. The Hall–Kier alpha value is -5.25. The fourth-order valence-electron chi connectivity index (χ4n) is 5.41. The minimum atomic E-state index is -0.935. The second-order valence-corrected chi connectivity index (χ2v) is 10.6. The van der Waals surface area contributed by atoms with Gasteiger partial charge in [-0.1, -0.05) is 25.3 Å². The quantitative estimate of drug-likeness (QED) is 0.202. The predicted molar refractivity (Wildman–Crippen MR) is 163 cm³/mol. The van der Waals surface area contributed by atoms with Crippen LogP contribution in [-0.2, 0) is 27.2 Å². The number of aromatic amines is 3. The second kappa shape index (κ2) is 12.3. The molecule has 4 rings (SSSR count). The smallest absolute Gasteiger partial charge is 0.303 e. The van der Waals surface area contributed by atoms with E-state index < -0.39 is 11.9 Å². The summed E-state index contributed by atoms with van der Waals surface area (Å²) in [6.07, 6.45) is 8.93. The molecule has 10 heteroatoms. The van der Waals surface area contributed by atoms with Crippen LogP contribution in [0.2, 0.25) is 0 Å². The molecule has 0 saturated carbocycles. The lowest BCUT2D eigenvalue weighted by Gasteiger charge is -2.02. The van der Waals surface area contributed by atoms with Crippen LogP contribution in [0.5, 0.6) is 5.88 Å². The number of amides is 1. The van der Waals surface area contributed by atoms with Gasteiger partial charge in [-0.15, -0.1) is 0 Å². The zero-order valence-electron chi connectivity index (χ0n) is 24.7. The summed E-state index contributed by atoms with van der Waals surface area (Å²) in [6, 6.07) is 0. The third-order valence-electron chi connectivity index (χ3n) is 7.94. The number of carbonyl (C=O) groups is 3. The Bertz CT molecular complexity index is 1860. The Labute approximate surface area is 248 Å². The van der Waals surface area contributed by atoms with Crippen LogP contribution in [0.25, 0.3) is 24.3 Å². The van der Waals surface area contributed by atoms with Crippen LogP contribution in [0.4, 0.5) is 0 Å². The Morgan fingerprint density at radius 3 is 1.98 bits per heavy atom. The van der Waals surface area contributed by atoms with Gasteiger partial charge in [0.2, 0.25) is 0 Å². The minimum absolute atomic E-state index is 0.0888. The van der Waals surface area contributed by atoms with E-state index in [4.69, 9.17) is 0 Å². The third kappa shape index (κ3) is 6.18. The van der Waals surface area contributed by atoms with E-state index in [1.807, 2.05) is 32.9 Å². The predicted octanol–water partition coefficient (Wildman–Crippen LogP) is 2.98. The maximum atomic E-state index is 12.3. The summed E-state index contributed by atoms with van der Waals surface area (Å²) in [4.78, 5) is 44.9.